The number of ether oxygens (including phenoxy) is 1. The number of hydrogen-bond acceptors (Lipinski definition) is 2. The van der Waals surface area contributed by atoms with Crippen molar-refractivity contribution in [3.05, 3.63) is 59.2 Å². The molecule has 2 rings (SSSR count). The first-order valence-electron chi connectivity index (χ1n) is 5.81. The molecule has 0 radical (unpaired) electrons. The van der Waals surface area contributed by atoms with E-state index in [1.807, 2.05) is 0 Å². The van der Waals surface area contributed by atoms with Gasteiger partial charge in [0.15, 0.2) is 17.4 Å². The van der Waals surface area contributed by atoms with Crippen LogP contribution < -0.4 is 10.5 Å². The van der Waals surface area contributed by atoms with Gasteiger partial charge in [-0.25, -0.2) is 8.78 Å². The standard InChI is InChI=1S/C14H10F5NO/c15-11-2-1-3-12(16)13(11)21-7-8-4-5-9(20)6-10(8)14(17,18)19/h1-6H,7,20H2. The monoisotopic (exact) mass is 303 g/mol. The van der Waals surface area contributed by atoms with E-state index in [4.69, 9.17) is 10.5 Å². The lowest BCUT2D eigenvalue weighted by molar-refractivity contribution is -0.138. The van der Waals surface area contributed by atoms with Crippen molar-refractivity contribution in [2.75, 3.05) is 5.73 Å². The Hall–Kier alpha value is -2.31. The van der Waals surface area contributed by atoms with E-state index in [0.29, 0.717) is 0 Å². The minimum atomic E-state index is -4.64. The zero-order valence-corrected chi connectivity index (χ0v) is 10.5. The fourth-order valence-electron chi connectivity index (χ4n) is 1.75. The molecule has 21 heavy (non-hydrogen) atoms. The summed E-state index contributed by atoms with van der Waals surface area (Å²) in [6.45, 7) is -0.632. The van der Waals surface area contributed by atoms with Crippen LogP contribution in [0.5, 0.6) is 5.75 Å². The van der Waals surface area contributed by atoms with Gasteiger partial charge in [0.2, 0.25) is 0 Å². The Morgan fingerprint density at radius 2 is 1.62 bits per heavy atom. The summed E-state index contributed by atoms with van der Waals surface area (Å²) in [7, 11) is 0. The molecule has 0 spiro atoms. The Kier molecular flexibility index (Phi) is 4.02. The smallest absolute Gasteiger partial charge is 0.416 e. The van der Waals surface area contributed by atoms with E-state index >= 15 is 0 Å². The van der Waals surface area contributed by atoms with Crippen LogP contribution in [0.25, 0.3) is 0 Å². The van der Waals surface area contributed by atoms with E-state index < -0.39 is 35.7 Å². The summed E-state index contributed by atoms with van der Waals surface area (Å²) < 4.78 is 70.1. The van der Waals surface area contributed by atoms with Crippen molar-refractivity contribution in [3.8, 4) is 5.75 Å². The summed E-state index contributed by atoms with van der Waals surface area (Å²) >= 11 is 0. The van der Waals surface area contributed by atoms with E-state index in [1.54, 1.807) is 0 Å². The topological polar surface area (TPSA) is 35.2 Å². The maximum Gasteiger partial charge on any atom is 0.416 e. The van der Waals surface area contributed by atoms with Crippen LogP contribution in [-0.2, 0) is 12.8 Å². The number of rotatable bonds is 3. The molecule has 0 amide bonds. The van der Waals surface area contributed by atoms with Gasteiger partial charge >= 0.3 is 6.18 Å². The molecule has 0 aliphatic rings. The number of anilines is 1. The van der Waals surface area contributed by atoms with Gasteiger partial charge in [-0.3, -0.25) is 0 Å². The van der Waals surface area contributed by atoms with Gasteiger partial charge in [0.1, 0.15) is 6.61 Å². The Morgan fingerprint density at radius 1 is 1.00 bits per heavy atom. The van der Waals surface area contributed by atoms with Crippen LogP contribution in [-0.4, -0.2) is 0 Å². The quantitative estimate of drug-likeness (QED) is 0.683. The SMILES string of the molecule is Nc1ccc(COc2c(F)cccc2F)c(C(F)(F)F)c1. The predicted octanol–water partition coefficient (Wildman–Crippen LogP) is 4.14. The molecule has 0 unspecified atom stereocenters. The molecule has 0 saturated heterocycles. The Morgan fingerprint density at radius 3 is 2.19 bits per heavy atom. The van der Waals surface area contributed by atoms with Gasteiger partial charge in [0.25, 0.3) is 0 Å². The summed E-state index contributed by atoms with van der Waals surface area (Å²) in [4.78, 5) is 0. The van der Waals surface area contributed by atoms with Crippen LogP contribution in [0.2, 0.25) is 0 Å². The number of nitrogen functional groups attached to an aromatic ring is 1. The van der Waals surface area contributed by atoms with Crippen molar-refractivity contribution in [1.29, 1.82) is 0 Å². The summed E-state index contributed by atoms with van der Waals surface area (Å²) in [5.74, 6) is -2.69. The summed E-state index contributed by atoms with van der Waals surface area (Å²) in [6.07, 6.45) is -4.64. The minimum Gasteiger partial charge on any atom is -0.483 e. The maximum absolute atomic E-state index is 13.3. The van der Waals surface area contributed by atoms with Crippen molar-refractivity contribution >= 4 is 5.69 Å². The molecular formula is C14H10F5NO. The molecule has 2 N–H and O–H groups in total. The van der Waals surface area contributed by atoms with Crippen LogP contribution in [0.1, 0.15) is 11.1 Å². The lowest BCUT2D eigenvalue weighted by atomic mass is 10.1. The van der Waals surface area contributed by atoms with Crippen molar-refractivity contribution in [1.82, 2.24) is 0 Å². The van der Waals surface area contributed by atoms with Gasteiger partial charge in [-0.05, 0) is 24.3 Å². The predicted molar refractivity (Wildman–Crippen MR) is 66.5 cm³/mol. The lowest BCUT2D eigenvalue weighted by Crippen LogP contribution is -2.12. The van der Waals surface area contributed by atoms with E-state index in [2.05, 4.69) is 0 Å². The first kappa shape index (κ1) is 15.1. The fraction of sp³-hybridized carbons (Fsp3) is 0.143. The fourth-order valence-corrected chi connectivity index (χ4v) is 1.75. The average molecular weight is 303 g/mol. The molecule has 0 aliphatic carbocycles. The second-order valence-electron chi connectivity index (χ2n) is 4.25. The number of hydrogen-bond donors (Lipinski definition) is 1. The molecule has 2 aromatic rings. The zero-order valence-electron chi connectivity index (χ0n) is 10.5. The molecule has 0 atom stereocenters. The van der Waals surface area contributed by atoms with Gasteiger partial charge in [0.05, 0.1) is 5.56 Å². The highest BCUT2D eigenvalue weighted by Gasteiger charge is 2.33. The molecule has 2 nitrogen and oxygen atoms in total. The van der Waals surface area contributed by atoms with Gasteiger partial charge < -0.3 is 10.5 Å². The molecule has 0 bridgehead atoms. The van der Waals surface area contributed by atoms with Crippen molar-refractivity contribution < 1.29 is 26.7 Å². The van der Waals surface area contributed by atoms with Crippen LogP contribution in [0.4, 0.5) is 27.6 Å². The second kappa shape index (κ2) is 5.59. The first-order valence-corrected chi connectivity index (χ1v) is 5.81. The van der Waals surface area contributed by atoms with Crippen LogP contribution >= 0.6 is 0 Å². The number of nitrogens with two attached hydrogens (primary N) is 1. The highest BCUT2D eigenvalue weighted by Crippen LogP contribution is 2.34. The van der Waals surface area contributed by atoms with Crippen LogP contribution in [0.15, 0.2) is 36.4 Å². The molecular weight excluding hydrogens is 293 g/mol. The van der Waals surface area contributed by atoms with E-state index in [9.17, 15) is 22.0 Å². The molecule has 0 heterocycles. The average Bonchev–Trinajstić information content (AvgIpc) is 2.38. The number of alkyl halides is 3. The molecule has 0 aliphatic heterocycles. The van der Waals surface area contributed by atoms with E-state index in [-0.39, 0.29) is 11.3 Å². The second-order valence-corrected chi connectivity index (χ2v) is 4.25. The molecule has 2 aromatic carbocycles. The molecule has 7 heteroatoms. The molecule has 0 fully saturated rings. The van der Waals surface area contributed by atoms with E-state index in [1.165, 1.54) is 6.07 Å². The largest absolute Gasteiger partial charge is 0.483 e. The Bertz CT molecular complexity index is 634. The summed E-state index contributed by atoms with van der Waals surface area (Å²) in [6, 6.07) is 6.14. The van der Waals surface area contributed by atoms with Crippen molar-refractivity contribution in [2.45, 2.75) is 12.8 Å². The summed E-state index contributed by atoms with van der Waals surface area (Å²) in [5.41, 5.74) is 3.99. The molecule has 112 valence electrons. The number of para-hydroxylation sites is 1. The van der Waals surface area contributed by atoms with Crippen molar-refractivity contribution in [3.63, 3.8) is 0 Å². The van der Waals surface area contributed by atoms with Crippen molar-refractivity contribution in [2.24, 2.45) is 0 Å². The Labute approximate surface area is 116 Å². The third-order valence-electron chi connectivity index (χ3n) is 2.73. The third-order valence-corrected chi connectivity index (χ3v) is 2.73. The van der Waals surface area contributed by atoms with Gasteiger partial charge in [0, 0.05) is 11.3 Å². The lowest BCUT2D eigenvalue weighted by Gasteiger charge is -2.14. The Balaban J connectivity index is 2.29. The van der Waals surface area contributed by atoms with Crippen LogP contribution in [0, 0.1) is 11.6 Å². The van der Waals surface area contributed by atoms with Gasteiger partial charge in [-0.1, -0.05) is 12.1 Å². The van der Waals surface area contributed by atoms with Crippen LogP contribution in [0.3, 0.4) is 0 Å². The molecule has 0 aromatic heterocycles. The normalized spacial score (nSPS) is 11.5. The molecule has 0 saturated carbocycles. The zero-order chi connectivity index (χ0) is 15.6. The maximum atomic E-state index is 13.3. The first-order chi connectivity index (χ1) is 9.79. The number of benzene rings is 2. The van der Waals surface area contributed by atoms with Gasteiger partial charge in [-0.15, -0.1) is 0 Å². The highest BCUT2D eigenvalue weighted by atomic mass is 19.4. The third kappa shape index (κ3) is 3.42. The minimum absolute atomic E-state index is 0.0665. The van der Waals surface area contributed by atoms with Gasteiger partial charge in [-0.2, -0.15) is 13.2 Å². The number of halogens is 5. The summed E-state index contributed by atoms with van der Waals surface area (Å²) in [5, 5.41) is 0. The highest BCUT2D eigenvalue weighted by molar-refractivity contribution is 5.46. The van der Waals surface area contributed by atoms with E-state index in [0.717, 1.165) is 30.3 Å².